The average molecular weight is 583 g/mol. The first-order chi connectivity index (χ1) is 18.9. The van der Waals surface area contributed by atoms with Crippen molar-refractivity contribution in [3.05, 3.63) is 17.2 Å². The van der Waals surface area contributed by atoms with Crippen LogP contribution in [-0.2, 0) is 4.74 Å². The smallest absolute Gasteiger partial charge is 0.407 e. The Bertz CT molecular complexity index is 1270. The first kappa shape index (κ1) is 28.9. The predicted octanol–water partition coefficient (Wildman–Crippen LogP) is 4.02. The topological polar surface area (TPSA) is 113 Å². The minimum Gasteiger partial charge on any atom is -0.461 e. The second-order valence-corrected chi connectivity index (χ2v) is 12.6. The number of halogens is 3. The first-order valence-electron chi connectivity index (χ1n) is 13.8. The minimum atomic E-state index is -1.13. The maximum Gasteiger partial charge on any atom is 0.407 e. The lowest BCUT2D eigenvalue weighted by Crippen LogP contribution is -2.50. The van der Waals surface area contributed by atoms with Crippen LogP contribution < -0.4 is 15.0 Å². The number of amides is 1. The maximum absolute atomic E-state index is 15.1. The molecule has 3 fully saturated rings. The number of hydrogen-bond acceptors (Lipinski definition) is 9. The van der Waals surface area contributed by atoms with Crippen molar-refractivity contribution in [3.8, 4) is 6.01 Å². The molecule has 5 heterocycles. The van der Waals surface area contributed by atoms with Crippen molar-refractivity contribution in [3.63, 3.8) is 0 Å². The number of alkyl carbamates (subject to hydrolysis) is 1. The van der Waals surface area contributed by atoms with Crippen LogP contribution in [0.15, 0.2) is 6.20 Å². The second kappa shape index (κ2) is 11.0. The van der Waals surface area contributed by atoms with E-state index in [1.807, 2.05) is 4.90 Å². The van der Waals surface area contributed by atoms with E-state index in [4.69, 9.17) is 21.1 Å². The van der Waals surface area contributed by atoms with Gasteiger partial charge in [-0.25, -0.2) is 18.6 Å². The molecular formula is C27H37ClF2N6O4. The van der Waals surface area contributed by atoms with E-state index in [1.54, 1.807) is 20.8 Å². The molecule has 0 radical (unpaired) electrons. The fourth-order valence-electron chi connectivity index (χ4n) is 6.16. The summed E-state index contributed by atoms with van der Waals surface area (Å²) >= 11 is 5.98. The monoisotopic (exact) mass is 582 g/mol. The third-order valence-electron chi connectivity index (χ3n) is 7.95. The lowest BCUT2D eigenvalue weighted by molar-refractivity contribution is 0.0157. The van der Waals surface area contributed by atoms with E-state index in [0.717, 1.165) is 19.4 Å². The van der Waals surface area contributed by atoms with E-state index in [-0.39, 0.29) is 42.8 Å². The molecule has 0 bridgehead atoms. The van der Waals surface area contributed by atoms with Crippen LogP contribution in [0.4, 0.5) is 19.4 Å². The van der Waals surface area contributed by atoms with Crippen LogP contribution in [0.1, 0.15) is 59.3 Å². The van der Waals surface area contributed by atoms with Gasteiger partial charge in [-0.3, -0.25) is 4.90 Å². The van der Waals surface area contributed by atoms with Crippen LogP contribution in [0.5, 0.6) is 6.01 Å². The highest BCUT2D eigenvalue weighted by Gasteiger charge is 2.49. The standard InChI is InChI=1S/C27H37ClF2N6O4/c1-25(2,3)40-24(37)31-9-8-27(38)7-5-10-35(15-27)22-18-13-32-21(28)19(30)20(18)33-23(34-22)39-16-26-6-4-11-36(26)14-17(29)12-26/h13,17,38H,4-12,14-16H2,1-3H3,(H,31,37)/t17-,26+,27?/m1/s1. The third kappa shape index (κ3) is 6.18. The van der Waals surface area contributed by atoms with Crippen LogP contribution in [-0.4, -0.2) is 93.3 Å². The highest BCUT2D eigenvalue weighted by atomic mass is 35.5. The van der Waals surface area contributed by atoms with Gasteiger partial charge >= 0.3 is 12.1 Å². The molecule has 2 N–H and O–H groups in total. The molecule has 3 saturated heterocycles. The average Bonchev–Trinajstić information content (AvgIpc) is 3.39. The number of nitrogens with zero attached hydrogens (tertiary/aromatic N) is 5. The number of aromatic nitrogens is 3. The zero-order chi connectivity index (χ0) is 28.7. The predicted molar refractivity (Wildman–Crippen MR) is 146 cm³/mol. The Labute approximate surface area is 237 Å². The molecule has 0 spiro atoms. The Balaban J connectivity index is 1.36. The first-order valence-corrected chi connectivity index (χ1v) is 14.2. The van der Waals surface area contributed by atoms with Crippen LogP contribution >= 0.6 is 11.6 Å². The largest absolute Gasteiger partial charge is 0.461 e. The van der Waals surface area contributed by atoms with Gasteiger partial charge in [0, 0.05) is 38.8 Å². The SMILES string of the molecule is CC(C)(C)OC(=O)NCCC1(O)CCCN(c2nc(OC[C@@]34CCCN3C[C@H](F)C4)nc3c(F)c(Cl)ncc23)C1. The van der Waals surface area contributed by atoms with Crippen molar-refractivity contribution in [2.24, 2.45) is 0 Å². The molecular weight excluding hydrogens is 546 g/mol. The number of fused-ring (bicyclic) bond motifs is 2. The number of hydrogen-bond donors (Lipinski definition) is 2. The van der Waals surface area contributed by atoms with Crippen molar-refractivity contribution in [2.45, 2.75) is 82.2 Å². The summed E-state index contributed by atoms with van der Waals surface area (Å²) in [4.78, 5) is 28.9. The summed E-state index contributed by atoms with van der Waals surface area (Å²) in [5.41, 5.74) is -2.20. The number of alkyl halides is 1. The molecule has 3 aliphatic rings. The molecule has 5 rings (SSSR count). The number of carbonyl (C=O) groups excluding carboxylic acids is 1. The molecule has 13 heteroatoms. The number of aliphatic hydroxyl groups is 1. The van der Waals surface area contributed by atoms with E-state index >= 15 is 4.39 Å². The van der Waals surface area contributed by atoms with Crippen LogP contribution in [0, 0.1) is 5.82 Å². The number of piperidine rings is 1. The van der Waals surface area contributed by atoms with Crippen molar-refractivity contribution >= 4 is 34.4 Å². The zero-order valence-corrected chi connectivity index (χ0v) is 23.9. The summed E-state index contributed by atoms with van der Waals surface area (Å²) in [5.74, 6) is -0.413. The van der Waals surface area contributed by atoms with Crippen molar-refractivity contribution < 1.29 is 28.2 Å². The third-order valence-corrected chi connectivity index (χ3v) is 8.21. The normalized spacial score (nSPS) is 27.2. The number of β-amino-alcohol motifs (C(OH)–C–C–N with tert-alkyl or cyclic N) is 1. The number of rotatable bonds is 7. The molecule has 0 aromatic carbocycles. The Morgan fingerprint density at radius 2 is 2.05 bits per heavy atom. The summed E-state index contributed by atoms with van der Waals surface area (Å²) in [7, 11) is 0. The summed E-state index contributed by atoms with van der Waals surface area (Å²) in [5, 5.41) is 14.1. The maximum atomic E-state index is 15.1. The minimum absolute atomic E-state index is 0.0312. The second-order valence-electron chi connectivity index (χ2n) is 12.2. The molecule has 2 aromatic rings. The number of carbonyl (C=O) groups is 1. The Hall–Kier alpha value is -2.57. The van der Waals surface area contributed by atoms with Crippen LogP contribution in [0.25, 0.3) is 10.9 Å². The molecule has 220 valence electrons. The highest BCUT2D eigenvalue weighted by Crippen LogP contribution is 2.41. The fraction of sp³-hybridized carbons (Fsp3) is 0.704. The van der Waals surface area contributed by atoms with Gasteiger partial charge in [-0.1, -0.05) is 11.6 Å². The highest BCUT2D eigenvalue weighted by molar-refractivity contribution is 6.30. The molecule has 1 unspecified atom stereocenters. The van der Waals surface area contributed by atoms with Gasteiger partial charge in [0.1, 0.15) is 29.7 Å². The number of anilines is 1. The lowest BCUT2D eigenvalue weighted by atomic mass is 9.89. The van der Waals surface area contributed by atoms with Gasteiger partial charge in [-0.15, -0.1) is 0 Å². The van der Waals surface area contributed by atoms with Crippen molar-refractivity contribution in [2.75, 3.05) is 44.2 Å². The van der Waals surface area contributed by atoms with E-state index < -0.39 is 34.8 Å². The Morgan fingerprint density at radius 1 is 1.27 bits per heavy atom. The van der Waals surface area contributed by atoms with Gasteiger partial charge in [-0.05, 0) is 59.4 Å². The van der Waals surface area contributed by atoms with Crippen molar-refractivity contribution in [1.29, 1.82) is 0 Å². The molecule has 3 aliphatic heterocycles. The van der Waals surface area contributed by atoms with E-state index in [0.29, 0.717) is 43.6 Å². The molecule has 10 nitrogen and oxygen atoms in total. The van der Waals surface area contributed by atoms with Gasteiger partial charge in [0.2, 0.25) is 0 Å². The molecule has 0 saturated carbocycles. The van der Waals surface area contributed by atoms with Gasteiger partial charge in [0.05, 0.1) is 16.5 Å². The van der Waals surface area contributed by atoms with Gasteiger partial charge in [-0.2, -0.15) is 9.97 Å². The number of nitrogens with one attached hydrogen (secondary N) is 1. The van der Waals surface area contributed by atoms with Gasteiger partial charge in [0.15, 0.2) is 11.0 Å². The molecule has 0 aliphatic carbocycles. The Kier molecular flexibility index (Phi) is 7.97. The molecule has 1 amide bonds. The van der Waals surface area contributed by atoms with Gasteiger partial charge < -0.3 is 24.8 Å². The van der Waals surface area contributed by atoms with Gasteiger partial charge in [0.25, 0.3) is 0 Å². The fourth-order valence-corrected chi connectivity index (χ4v) is 6.30. The van der Waals surface area contributed by atoms with E-state index in [1.165, 1.54) is 6.20 Å². The van der Waals surface area contributed by atoms with Crippen LogP contribution in [0.3, 0.4) is 0 Å². The molecule has 40 heavy (non-hydrogen) atoms. The quantitative estimate of drug-likeness (QED) is 0.467. The molecule has 3 atom stereocenters. The lowest BCUT2D eigenvalue weighted by Gasteiger charge is -2.40. The van der Waals surface area contributed by atoms with E-state index in [2.05, 4.69) is 25.2 Å². The summed E-state index contributed by atoms with van der Waals surface area (Å²) in [6.45, 7) is 7.71. The summed E-state index contributed by atoms with van der Waals surface area (Å²) < 4.78 is 40.7. The zero-order valence-electron chi connectivity index (χ0n) is 23.2. The summed E-state index contributed by atoms with van der Waals surface area (Å²) in [6, 6.07) is -0.0343. The summed E-state index contributed by atoms with van der Waals surface area (Å²) in [6.07, 6.45) is 3.57. The van der Waals surface area contributed by atoms with Crippen LogP contribution in [0.2, 0.25) is 5.15 Å². The molecule has 2 aromatic heterocycles. The number of ether oxygens (including phenoxy) is 2. The van der Waals surface area contributed by atoms with E-state index in [9.17, 15) is 14.3 Å². The Morgan fingerprint density at radius 3 is 2.83 bits per heavy atom. The number of pyridine rings is 1. The van der Waals surface area contributed by atoms with Crippen molar-refractivity contribution in [1.82, 2.24) is 25.2 Å².